The topological polar surface area (TPSA) is 33.2 Å². The molecule has 1 fully saturated rings. The number of aromatic nitrogens is 1. The van der Waals surface area contributed by atoms with E-state index in [0.717, 1.165) is 45.2 Å². The molecule has 4 heteroatoms. The van der Waals surface area contributed by atoms with Gasteiger partial charge in [0.2, 0.25) is 5.91 Å². The van der Waals surface area contributed by atoms with Crippen molar-refractivity contribution in [2.24, 2.45) is 5.92 Å². The van der Waals surface area contributed by atoms with Crippen molar-refractivity contribution in [3.05, 3.63) is 52.5 Å². The van der Waals surface area contributed by atoms with Crippen molar-refractivity contribution in [3.8, 4) is 0 Å². The summed E-state index contributed by atoms with van der Waals surface area (Å²) in [7, 11) is 0. The average molecular weight is 328 g/mol. The number of amides is 1. The second kappa shape index (κ2) is 8.25. The lowest BCUT2D eigenvalue weighted by Gasteiger charge is -2.32. The first-order chi connectivity index (χ1) is 11.3. The fourth-order valence-electron chi connectivity index (χ4n) is 3.27. The number of carbonyl (C=O) groups is 1. The number of carbonyl (C=O) groups excluding carboxylic acids is 1. The summed E-state index contributed by atoms with van der Waals surface area (Å²) in [6, 6.07) is 8.38. The third kappa shape index (κ3) is 4.90. The minimum atomic E-state index is 0.335. The van der Waals surface area contributed by atoms with Crippen molar-refractivity contribution in [2.75, 3.05) is 13.1 Å². The highest BCUT2D eigenvalue weighted by molar-refractivity contribution is 7.09. The van der Waals surface area contributed by atoms with Gasteiger partial charge in [0.05, 0.1) is 0 Å². The SMILES string of the molecule is O=C(CCCc1cccs1)N1CCC(Cc2cccnc2)CC1. The Bertz CT molecular complexity index is 589. The zero-order valence-corrected chi connectivity index (χ0v) is 14.3. The van der Waals surface area contributed by atoms with E-state index in [1.54, 1.807) is 11.3 Å². The highest BCUT2D eigenvalue weighted by Crippen LogP contribution is 2.22. The van der Waals surface area contributed by atoms with Crippen molar-refractivity contribution < 1.29 is 4.79 Å². The number of aryl methyl sites for hydroxylation is 1. The summed E-state index contributed by atoms with van der Waals surface area (Å²) in [5, 5.41) is 2.10. The van der Waals surface area contributed by atoms with Gasteiger partial charge in [-0.05, 0) is 61.1 Å². The normalized spacial score (nSPS) is 15.7. The number of rotatable bonds is 6. The van der Waals surface area contributed by atoms with Crippen molar-refractivity contribution in [1.29, 1.82) is 0 Å². The van der Waals surface area contributed by atoms with E-state index >= 15 is 0 Å². The van der Waals surface area contributed by atoms with Gasteiger partial charge in [0.15, 0.2) is 0 Å². The zero-order chi connectivity index (χ0) is 15.9. The lowest BCUT2D eigenvalue weighted by Crippen LogP contribution is -2.38. The van der Waals surface area contributed by atoms with Crippen LogP contribution in [0.5, 0.6) is 0 Å². The van der Waals surface area contributed by atoms with Crippen LogP contribution in [0.3, 0.4) is 0 Å². The summed E-state index contributed by atoms with van der Waals surface area (Å²) in [6.45, 7) is 1.84. The van der Waals surface area contributed by atoms with E-state index in [1.807, 2.05) is 18.5 Å². The minimum Gasteiger partial charge on any atom is -0.343 e. The van der Waals surface area contributed by atoms with Gasteiger partial charge in [-0.3, -0.25) is 9.78 Å². The molecule has 0 aromatic carbocycles. The second-order valence-corrected chi connectivity index (χ2v) is 7.35. The lowest BCUT2D eigenvalue weighted by molar-refractivity contribution is -0.132. The van der Waals surface area contributed by atoms with Crippen LogP contribution in [-0.4, -0.2) is 28.9 Å². The summed E-state index contributed by atoms with van der Waals surface area (Å²) in [6.07, 6.45) is 9.79. The highest BCUT2D eigenvalue weighted by Gasteiger charge is 2.22. The smallest absolute Gasteiger partial charge is 0.222 e. The first-order valence-electron chi connectivity index (χ1n) is 8.50. The number of hydrogen-bond acceptors (Lipinski definition) is 3. The van der Waals surface area contributed by atoms with Crippen molar-refractivity contribution >= 4 is 17.2 Å². The molecular weight excluding hydrogens is 304 g/mol. The van der Waals surface area contributed by atoms with Gasteiger partial charge in [-0.1, -0.05) is 12.1 Å². The Morgan fingerprint density at radius 2 is 2.13 bits per heavy atom. The van der Waals surface area contributed by atoms with Crippen LogP contribution in [0.1, 0.15) is 36.1 Å². The van der Waals surface area contributed by atoms with Gasteiger partial charge in [0, 0.05) is 36.8 Å². The fraction of sp³-hybridized carbons (Fsp3) is 0.474. The molecule has 2 aromatic rings. The molecule has 3 nitrogen and oxygen atoms in total. The molecule has 0 unspecified atom stereocenters. The van der Waals surface area contributed by atoms with Gasteiger partial charge < -0.3 is 4.90 Å². The van der Waals surface area contributed by atoms with Crippen LogP contribution in [0.4, 0.5) is 0 Å². The third-order valence-corrected chi connectivity index (χ3v) is 5.54. The van der Waals surface area contributed by atoms with Crippen LogP contribution in [-0.2, 0) is 17.6 Å². The molecule has 1 aliphatic rings. The first-order valence-corrected chi connectivity index (χ1v) is 9.38. The lowest BCUT2D eigenvalue weighted by atomic mass is 9.90. The Kier molecular flexibility index (Phi) is 5.81. The van der Waals surface area contributed by atoms with E-state index in [2.05, 4.69) is 33.5 Å². The quantitative estimate of drug-likeness (QED) is 0.804. The number of nitrogens with zero attached hydrogens (tertiary/aromatic N) is 2. The Balaban J connectivity index is 1.37. The molecule has 23 heavy (non-hydrogen) atoms. The van der Waals surface area contributed by atoms with E-state index in [4.69, 9.17) is 0 Å². The highest BCUT2D eigenvalue weighted by atomic mass is 32.1. The van der Waals surface area contributed by atoms with Crippen LogP contribution >= 0.6 is 11.3 Å². The van der Waals surface area contributed by atoms with Crippen LogP contribution in [0.2, 0.25) is 0 Å². The molecule has 1 amide bonds. The van der Waals surface area contributed by atoms with E-state index in [1.165, 1.54) is 10.4 Å². The zero-order valence-electron chi connectivity index (χ0n) is 13.5. The molecule has 0 N–H and O–H groups in total. The first kappa shape index (κ1) is 16.2. The van der Waals surface area contributed by atoms with Crippen molar-refractivity contribution in [3.63, 3.8) is 0 Å². The predicted octanol–water partition coefficient (Wildman–Crippen LogP) is 3.95. The van der Waals surface area contributed by atoms with Gasteiger partial charge in [0.25, 0.3) is 0 Å². The minimum absolute atomic E-state index is 0.335. The Labute approximate surface area is 142 Å². The summed E-state index contributed by atoms with van der Waals surface area (Å²) in [5.41, 5.74) is 1.31. The maximum Gasteiger partial charge on any atom is 0.222 e. The van der Waals surface area contributed by atoms with E-state index in [-0.39, 0.29) is 0 Å². The van der Waals surface area contributed by atoms with Crippen LogP contribution in [0.25, 0.3) is 0 Å². The summed E-state index contributed by atoms with van der Waals surface area (Å²) >= 11 is 1.78. The van der Waals surface area contributed by atoms with Gasteiger partial charge in [-0.25, -0.2) is 0 Å². The molecule has 0 saturated carbocycles. The molecule has 0 aliphatic carbocycles. The van der Waals surface area contributed by atoms with Crippen LogP contribution < -0.4 is 0 Å². The predicted molar refractivity (Wildman–Crippen MR) is 94.5 cm³/mol. The monoisotopic (exact) mass is 328 g/mol. The van der Waals surface area contributed by atoms with Gasteiger partial charge in [-0.2, -0.15) is 0 Å². The molecule has 2 aromatic heterocycles. The molecule has 3 heterocycles. The van der Waals surface area contributed by atoms with Crippen LogP contribution in [0, 0.1) is 5.92 Å². The Morgan fingerprint density at radius 3 is 2.83 bits per heavy atom. The molecule has 1 aliphatic heterocycles. The molecular formula is C19H24N2OS. The number of pyridine rings is 1. The van der Waals surface area contributed by atoms with Gasteiger partial charge in [-0.15, -0.1) is 11.3 Å². The maximum atomic E-state index is 12.3. The van der Waals surface area contributed by atoms with E-state index < -0.39 is 0 Å². The summed E-state index contributed by atoms with van der Waals surface area (Å²) in [5.74, 6) is 1.02. The average Bonchev–Trinajstić information content (AvgIpc) is 3.10. The van der Waals surface area contributed by atoms with E-state index in [9.17, 15) is 4.79 Å². The Morgan fingerprint density at radius 1 is 1.26 bits per heavy atom. The summed E-state index contributed by atoms with van der Waals surface area (Å²) < 4.78 is 0. The molecule has 0 atom stereocenters. The third-order valence-electron chi connectivity index (χ3n) is 4.61. The van der Waals surface area contributed by atoms with Crippen LogP contribution in [0.15, 0.2) is 42.0 Å². The van der Waals surface area contributed by atoms with Gasteiger partial charge in [0.1, 0.15) is 0 Å². The van der Waals surface area contributed by atoms with Gasteiger partial charge >= 0.3 is 0 Å². The fourth-order valence-corrected chi connectivity index (χ4v) is 4.02. The molecule has 0 bridgehead atoms. The molecule has 0 spiro atoms. The van der Waals surface area contributed by atoms with Crippen molar-refractivity contribution in [1.82, 2.24) is 9.88 Å². The molecule has 1 saturated heterocycles. The van der Waals surface area contributed by atoms with Crippen molar-refractivity contribution in [2.45, 2.75) is 38.5 Å². The molecule has 0 radical (unpaired) electrons. The summed E-state index contributed by atoms with van der Waals surface area (Å²) in [4.78, 5) is 19.9. The number of hydrogen-bond donors (Lipinski definition) is 0. The van der Waals surface area contributed by atoms with E-state index in [0.29, 0.717) is 18.2 Å². The largest absolute Gasteiger partial charge is 0.343 e. The second-order valence-electron chi connectivity index (χ2n) is 6.32. The number of likely N-dealkylation sites (tertiary alicyclic amines) is 1. The molecule has 122 valence electrons. The number of piperidine rings is 1. The number of thiophene rings is 1. The maximum absolute atomic E-state index is 12.3. The molecule has 3 rings (SSSR count). The standard InChI is InChI=1S/C19H24N2OS/c22-19(7-1-5-18-6-3-13-23-18)21-11-8-16(9-12-21)14-17-4-2-10-20-15-17/h2-4,6,10,13,15-16H,1,5,7-9,11-12,14H2. The Hall–Kier alpha value is -1.68.